The van der Waals surface area contributed by atoms with Crippen molar-refractivity contribution in [2.24, 2.45) is 0 Å². The Morgan fingerprint density at radius 2 is 1.95 bits per heavy atom. The van der Waals surface area contributed by atoms with E-state index in [1.54, 1.807) is 18.2 Å². The Morgan fingerprint density at radius 1 is 1.19 bits per heavy atom. The van der Waals surface area contributed by atoms with Gasteiger partial charge in [0.05, 0.1) is 15.9 Å². The molecule has 0 bridgehead atoms. The van der Waals surface area contributed by atoms with Crippen molar-refractivity contribution in [1.29, 1.82) is 0 Å². The zero-order chi connectivity index (χ0) is 15.2. The molecule has 6 heteroatoms. The van der Waals surface area contributed by atoms with Crippen LogP contribution in [0.5, 0.6) is 0 Å². The van der Waals surface area contributed by atoms with Crippen LogP contribution < -0.4 is 0 Å². The maximum atomic E-state index is 11.6. The molecule has 0 aliphatic carbocycles. The Bertz CT molecular complexity index is 945. The molecule has 0 aliphatic heterocycles. The lowest BCUT2D eigenvalue weighted by atomic mass is 10.1. The first-order valence-electron chi connectivity index (χ1n) is 6.31. The number of hydrogen-bond acceptors (Lipinski definition) is 3. The van der Waals surface area contributed by atoms with E-state index in [9.17, 15) is 8.42 Å². The van der Waals surface area contributed by atoms with Gasteiger partial charge in [0.25, 0.3) is 0 Å². The average molecular weight is 412 g/mol. The molecule has 0 fully saturated rings. The average Bonchev–Trinajstić information content (AvgIpc) is 2.83. The van der Waals surface area contributed by atoms with E-state index in [4.69, 9.17) is 0 Å². The molecule has 3 rings (SSSR count). The van der Waals surface area contributed by atoms with E-state index in [0.29, 0.717) is 4.90 Å². The van der Waals surface area contributed by atoms with Gasteiger partial charge in [-0.2, -0.15) is 0 Å². The first kappa shape index (κ1) is 14.5. The molecule has 0 amide bonds. The first-order chi connectivity index (χ1) is 9.86. The van der Waals surface area contributed by atoms with Crippen molar-refractivity contribution in [3.05, 3.63) is 45.5 Å². The number of nitrogens with one attached hydrogen (secondary N) is 1. The van der Waals surface area contributed by atoms with Gasteiger partial charge in [-0.05, 0) is 53.3 Å². The molecule has 1 heterocycles. The standard InChI is InChI=1S/C15H13IN2O2S/c1-9-4-3-5-11(14(9)16)15-17-12-7-6-10(21(2,19)20)8-13(12)18-15/h3-8H,1-2H3,(H,17,18). The van der Waals surface area contributed by atoms with Crippen molar-refractivity contribution >= 4 is 43.5 Å². The molecule has 0 saturated heterocycles. The summed E-state index contributed by atoms with van der Waals surface area (Å²) < 4.78 is 24.4. The van der Waals surface area contributed by atoms with E-state index in [1.807, 2.05) is 12.1 Å². The normalized spacial score (nSPS) is 12.0. The minimum Gasteiger partial charge on any atom is -0.338 e. The minimum atomic E-state index is -3.21. The van der Waals surface area contributed by atoms with Crippen LogP contribution in [0.15, 0.2) is 41.3 Å². The quantitative estimate of drug-likeness (QED) is 0.655. The minimum absolute atomic E-state index is 0.295. The summed E-state index contributed by atoms with van der Waals surface area (Å²) in [6.45, 7) is 2.05. The van der Waals surface area contributed by atoms with Crippen molar-refractivity contribution in [1.82, 2.24) is 9.97 Å². The van der Waals surface area contributed by atoms with Crippen molar-refractivity contribution in [2.45, 2.75) is 11.8 Å². The molecule has 0 unspecified atom stereocenters. The van der Waals surface area contributed by atoms with Crippen molar-refractivity contribution < 1.29 is 8.42 Å². The lowest BCUT2D eigenvalue weighted by Crippen LogP contribution is -1.96. The third-order valence-electron chi connectivity index (χ3n) is 3.33. The van der Waals surface area contributed by atoms with Crippen molar-refractivity contribution in [3.8, 4) is 11.4 Å². The molecule has 1 aromatic heterocycles. The summed E-state index contributed by atoms with van der Waals surface area (Å²) in [7, 11) is -3.21. The Labute approximate surface area is 136 Å². The monoisotopic (exact) mass is 412 g/mol. The molecule has 0 atom stereocenters. The van der Waals surface area contributed by atoms with Crippen LogP contribution in [0, 0.1) is 10.5 Å². The first-order valence-corrected chi connectivity index (χ1v) is 9.28. The molecule has 0 aliphatic rings. The Morgan fingerprint density at radius 3 is 2.67 bits per heavy atom. The zero-order valence-electron chi connectivity index (χ0n) is 11.5. The molecular weight excluding hydrogens is 399 g/mol. The second-order valence-corrected chi connectivity index (χ2v) is 8.07. The maximum absolute atomic E-state index is 11.6. The Hall–Kier alpha value is -1.41. The number of benzene rings is 2. The van der Waals surface area contributed by atoms with Crippen LogP contribution in [0.25, 0.3) is 22.4 Å². The summed E-state index contributed by atoms with van der Waals surface area (Å²) >= 11 is 2.30. The number of aromatic amines is 1. The van der Waals surface area contributed by atoms with Crippen LogP contribution in [0.3, 0.4) is 0 Å². The molecule has 108 valence electrons. The van der Waals surface area contributed by atoms with Crippen LogP contribution in [0.1, 0.15) is 5.56 Å². The number of fused-ring (bicyclic) bond motifs is 1. The molecule has 3 aromatic rings. The van der Waals surface area contributed by atoms with Gasteiger partial charge in [0.1, 0.15) is 5.82 Å². The molecule has 4 nitrogen and oxygen atoms in total. The van der Waals surface area contributed by atoms with Gasteiger partial charge in [-0.25, -0.2) is 13.4 Å². The number of imidazole rings is 1. The fraction of sp³-hybridized carbons (Fsp3) is 0.133. The maximum Gasteiger partial charge on any atom is 0.175 e. The fourth-order valence-corrected chi connectivity index (χ4v) is 3.44. The largest absolute Gasteiger partial charge is 0.338 e. The number of halogens is 1. The summed E-state index contributed by atoms with van der Waals surface area (Å²) in [6, 6.07) is 11.0. The van der Waals surface area contributed by atoms with Crippen LogP contribution >= 0.6 is 22.6 Å². The summed E-state index contributed by atoms with van der Waals surface area (Å²) in [5, 5.41) is 0. The van der Waals surface area contributed by atoms with Gasteiger partial charge >= 0.3 is 0 Å². The lowest BCUT2D eigenvalue weighted by molar-refractivity contribution is 0.602. The number of hydrogen-bond donors (Lipinski definition) is 1. The van der Waals surface area contributed by atoms with Crippen LogP contribution in [-0.2, 0) is 9.84 Å². The summed E-state index contributed by atoms with van der Waals surface area (Å²) in [6.07, 6.45) is 1.20. The summed E-state index contributed by atoms with van der Waals surface area (Å²) in [5.41, 5.74) is 3.69. The van der Waals surface area contributed by atoms with Gasteiger partial charge in [-0.3, -0.25) is 0 Å². The predicted octanol–water partition coefficient (Wildman–Crippen LogP) is 3.55. The van der Waals surface area contributed by atoms with Gasteiger partial charge in [0.15, 0.2) is 9.84 Å². The summed E-state index contributed by atoms with van der Waals surface area (Å²) in [5.74, 6) is 0.753. The van der Waals surface area contributed by atoms with Gasteiger partial charge in [-0.1, -0.05) is 18.2 Å². The van der Waals surface area contributed by atoms with Gasteiger partial charge in [0, 0.05) is 15.4 Å². The fourth-order valence-electron chi connectivity index (χ4n) is 2.18. The molecule has 2 aromatic carbocycles. The van der Waals surface area contributed by atoms with E-state index in [0.717, 1.165) is 26.0 Å². The lowest BCUT2D eigenvalue weighted by Gasteiger charge is -2.03. The second-order valence-electron chi connectivity index (χ2n) is 4.97. The van der Waals surface area contributed by atoms with Gasteiger partial charge < -0.3 is 4.98 Å². The summed E-state index contributed by atoms with van der Waals surface area (Å²) in [4.78, 5) is 8.06. The number of aromatic nitrogens is 2. The highest BCUT2D eigenvalue weighted by Crippen LogP contribution is 2.28. The molecule has 0 saturated carbocycles. The van der Waals surface area contributed by atoms with Crippen LogP contribution in [0.2, 0.25) is 0 Å². The van der Waals surface area contributed by atoms with Crippen LogP contribution in [-0.4, -0.2) is 24.6 Å². The molecular formula is C15H13IN2O2S. The number of rotatable bonds is 2. The van der Waals surface area contributed by atoms with Crippen molar-refractivity contribution in [3.63, 3.8) is 0 Å². The molecule has 0 radical (unpaired) electrons. The van der Waals surface area contributed by atoms with E-state index >= 15 is 0 Å². The van der Waals surface area contributed by atoms with Crippen LogP contribution in [0.4, 0.5) is 0 Å². The van der Waals surface area contributed by atoms with E-state index in [-0.39, 0.29) is 0 Å². The highest BCUT2D eigenvalue weighted by Gasteiger charge is 2.12. The van der Waals surface area contributed by atoms with Crippen molar-refractivity contribution in [2.75, 3.05) is 6.26 Å². The smallest absolute Gasteiger partial charge is 0.175 e. The number of H-pyrrole nitrogens is 1. The highest BCUT2D eigenvalue weighted by molar-refractivity contribution is 14.1. The van der Waals surface area contributed by atoms with E-state index < -0.39 is 9.84 Å². The van der Waals surface area contributed by atoms with E-state index in [2.05, 4.69) is 45.5 Å². The van der Waals surface area contributed by atoms with Gasteiger partial charge in [-0.15, -0.1) is 0 Å². The highest BCUT2D eigenvalue weighted by atomic mass is 127. The third-order valence-corrected chi connectivity index (χ3v) is 5.87. The Balaban J connectivity index is 2.20. The SMILES string of the molecule is Cc1cccc(-c2nc3ccc(S(C)(=O)=O)cc3[nH]2)c1I. The molecule has 0 spiro atoms. The Kier molecular flexibility index (Phi) is 3.53. The number of aryl methyl sites for hydroxylation is 1. The molecule has 21 heavy (non-hydrogen) atoms. The predicted molar refractivity (Wildman–Crippen MR) is 92.1 cm³/mol. The van der Waals surface area contributed by atoms with Gasteiger partial charge in [0.2, 0.25) is 0 Å². The topological polar surface area (TPSA) is 62.8 Å². The van der Waals surface area contributed by atoms with E-state index in [1.165, 1.54) is 11.8 Å². The molecule has 1 N–H and O–H groups in total. The second kappa shape index (κ2) is 5.10. The number of nitrogens with zero attached hydrogens (tertiary/aromatic N) is 1. The number of sulfone groups is 1. The zero-order valence-corrected chi connectivity index (χ0v) is 14.5. The third kappa shape index (κ3) is 2.69.